The number of rotatable bonds is 4. The molecule has 0 spiro atoms. The van der Waals surface area contributed by atoms with Crippen molar-refractivity contribution in [3.63, 3.8) is 0 Å². The van der Waals surface area contributed by atoms with E-state index in [-0.39, 0.29) is 0 Å². The van der Waals surface area contributed by atoms with E-state index < -0.39 is 0 Å². The molecule has 0 radical (unpaired) electrons. The second kappa shape index (κ2) is 5.11. The van der Waals surface area contributed by atoms with E-state index >= 15 is 0 Å². The molecule has 1 N–H and O–H groups in total. The molecule has 1 aliphatic carbocycles. The summed E-state index contributed by atoms with van der Waals surface area (Å²) >= 11 is 0. The maximum atomic E-state index is 3.35. The molecule has 0 bridgehead atoms. The van der Waals surface area contributed by atoms with Crippen molar-refractivity contribution in [2.45, 2.75) is 39.5 Å². The van der Waals surface area contributed by atoms with E-state index in [1.807, 2.05) is 7.05 Å². The summed E-state index contributed by atoms with van der Waals surface area (Å²) in [6.07, 6.45) is 9.53. The van der Waals surface area contributed by atoms with Crippen molar-refractivity contribution < 1.29 is 0 Å². The zero-order valence-electron chi connectivity index (χ0n) is 9.06. The monoisotopic (exact) mass is 179 g/mol. The maximum absolute atomic E-state index is 3.35. The summed E-state index contributed by atoms with van der Waals surface area (Å²) in [5.41, 5.74) is 3.00. The lowest BCUT2D eigenvalue weighted by Gasteiger charge is -2.11. The lowest BCUT2D eigenvalue weighted by molar-refractivity contribution is 0.559. The van der Waals surface area contributed by atoms with E-state index in [4.69, 9.17) is 0 Å². The molecule has 0 aromatic carbocycles. The molecule has 13 heavy (non-hydrogen) atoms. The average Bonchev–Trinajstić information content (AvgIpc) is 2.56. The van der Waals surface area contributed by atoms with Crippen LogP contribution in [0.4, 0.5) is 0 Å². The third-order valence-corrected chi connectivity index (χ3v) is 2.83. The van der Waals surface area contributed by atoms with Gasteiger partial charge >= 0.3 is 0 Å². The lowest BCUT2D eigenvalue weighted by Crippen LogP contribution is -2.12. The summed E-state index contributed by atoms with van der Waals surface area (Å²) in [4.78, 5) is 0. The molecule has 0 heterocycles. The third-order valence-electron chi connectivity index (χ3n) is 2.83. The standard InChI is InChI=1S/C12H21N/c1-4-6-7-11-9-8-10(5-2)12(11)13-3/h6-7,10,13H,4-5,8-9H2,1-3H3/b7-6-. The number of hydrogen-bond donors (Lipinski definition) is 1. The third kappa shape index (κ3) is 2.36. The van der Waals surface area contributed by atoms with Gasteiger partial charge in [0.25, 0.3) is 0 Å². The Labute approximate surface area is 81.9 Å². The van der Waals surface area contributed by atoms with E-state index in [1.165, 1.54) is 30.5 Å². The zero-order chi connectivity index (χ0) is 9.68. The number of hydrogen-bond acceptors (Lipinski definition) is 1. The normalized spacial score (nSPS) is 23.2. The van der Waals surface area contributed by atoms with Crippen LogP contribution in [0.25, 0.3) is 0 Å². The van der Waals surface area contributed by atoms with Crippen molar-refractivity contribution in [1.82, 2.24) is 5.32 Å². The minimum Gasteiger partial charge on any atom is -0.391 e. The van der Waals surface area contributed by atoms with Crippen LogP contribution in [0.15, 0.2) is 23.4 Å². The number of nitrogens with one attached hydrogen (secondary N) is 1. The molecule has 1 heteroatoms. The van der Waals surface area contributed by atoms with Gasteiger partial charge in [-0.1, -0.05) is 26.0 Å². The van der Waals surface area contributed by atoms with Crippen molar-refractivity contribution in [1.29, 1.82) is 0 Å². The highest BCUT2D eigenvalue weighted by molar-refractivity contribution is 5.30. The highest BCUT2D eigenvalue weighted by Crippen LogP contribution is 2.32. The molecule has 1 nitrogen and oxygen atoms in total. The quantitative estimate of drug-likeness (QED) is 0.698. The Morgan fingerprint density at radius 2 is 2.23 bits per heavy atom. The van der Waals surface area contributed by atoms with Crippen molar-refractivity contribution in [3.05, 3.63) is 23.4 Å². The Morgan fingerprint density at radius 1 is 1.46 bits per heavy atom. The number of allylic oxidation sites excluding steroid dienone is 4. The predicted octanol–water partition coefficient (Wildman–Crippen LogP) is 3.25. The average molecular weight is 179 g/mol. The topological polar surface area (TPSA) is 12.0 Å². The summed E-state index contributed by atoms with van der Waals surface area (Å²) in [5.74, 6) is 0.779. The van der Waals surface area contributed by atoms with Crippen LogP contribution in [0.3, 0.4) is 0 Å². The van der Waals surface area contributed by atoms with Crippen LogP contribution in [0, 0.1) is 5.92 Å². The van der Waals surface area contributed by atoms with Gasteiger partial charge in [0.05, 0.1) is 0 Å². The molecule has 1 unspecified atom stereocenters. The first kappa shape index (κ1) is 10.4. The largest absolute Gasteiger partial charge is 0.391 e. The van der Waals surface area contributed by atoms with Crippen molar-refractivity contribution in [3.8, 4) is 0 Å². The molecule has 0 saturated carbocycles. The molecule has 0 aromatic rings. The van der Waals surface area contributed by atoms with Crippen molar-refractivity contribution >= 4 is 0 Å². The SMILES string of the molecule is CC/C=C\C1=C(NC)C(CC)CC1. The molecule has 0 aliphatic heterocycles. The van der Waals surface area contributed by atoms with Crippen LogP contribution in [0.1, 0.15) is 39.5 Å². The summed E-state index contributed by atoms with van der Waals surface area (Å²) < 4.78 is 0. The summed E-state index contributed by atoms with van der Waals surface area (Å²) in [6.45, 7) is 4.46. The second-order valence-electron chi connectivity index (χ2n) is 3.64. The second-order valence-corrected chi connectivity index (χ2v) is 3.64. The Morgan fingerprint density at radius 3 is 2.77 bits per heavy atom. The minimum absolute atomic E-state index is 0.779. The van der Waals surface area contributed by atoms with Gasteiger partial charge < -0.3 is 5.32 Å². The van der Waals surface area contributed by atoms with Gasteiger partial charge in [-0.3, -0.25) is 0 Å². The summed E-state index contributed by atoms with van der Waals surface area (Å²) in [6, 6.07) is 0. The van der Waals surface area contributed by atoms with Gasteiger partial charge in [-0.15, -0.1) is 0 Å². The van der Waals surface area contributed by atoms with Crippen LogP contribution >= 0.6 is 0 Å². The van der Waals surface area contributed by atoms with Gasteiger partial charge in [-0.05, 0) is 37.2 Å². The van der Waals surface area contributed by atoms with E-state index in [0.717, 1.165) is 12.3 Å². The molecular weight excluding hydrogens is 158 g/mol. The molecule has 0 saturated heterocycles. The predicted molar refractivity (Wildman–Crippen MR) is 58.5 cm³/mol. The molecular formula is C12H21N. The molecule has 0 amide bonds. The summed E-state index contributed by atoms with van der Waals surface area (Å²) in [7, 11) is 2.04. The van der Waals surface area contributed by atoms with Crippen LogP contribution in [0.5, 0.6) is 0 Å². The highest BCUT2D eigenvalue weighted by Gasteiger charge is 2.21. The van der Waals surface area contributed by atoms with Crippen LogP contribution < -0.4 is 5.32 Å². The van der Waals surface area contributed by atoms with E-state index in [2.05, 4.69) is 31.3 Å². The van der Waals surface area contributed by atoms with Gasteiger partial charge in [0.2, 0.25) is 0 Å². The Kier molecular flexibility index (Phi) is 4.07. The highest BCUT2D eigenvalue weighted by atomic mass is 14.9. The van der Waals surface area contributed by atoms with Gasteiger partial charge in [0, 0.05) is 12.7 Å². The molecule has 1 aliphatic rings. The molecule has 1 atom stereocenters. The lowest BCUT2D eigenvalue weighted by atomic mass is 10.0. The Bertz CT molecular complexity index is 213. The molecule has 0 fully saturated rings. The minimum atomic E-state index is 0.779. The first-order valence-electron chi connectivity index (χ1n) is 5.40. The fourth-order valence-corrected chi connectivity index (χ4v) is 2.08. The fourth-order valence-electron chi connectivity index (χ4n) is 2.08. The fraction of sp³-hybridized carbons (Fsp3) is 0.667. The summed E-state index contributed by atoms with van der Waals surface area (Å²) in [5, 5.41) is 3.35. The Hall–Kier alpha value is -0.720. The van der Waals surface area contributed by atoms with Crippen LogP contribution in [-0.2, 0) is 0 Å². The molecule has 0 aromatic heterocycles. The van der Waals surface area contributed by atoms with E-state index in [9.17, 15) is 0 Å². The van der Waals surface area contributed by atoms with Crippen molar-refractivity contribution in [2.24, 2.45) is 5.92 Å². The first-order chi connectivity index (χ1) is 6.33. The smallest absolute Gasteiger partial charge is 0.0168 e. The maximum Gasteiger partial charge on any atom is 0.0168 e. The van der Waals surface area contributed by atoms with Crippen LogP contribution in [0.2, 0.25) is 0 Å². The van der Waals surface area contributed by atoms with Gasteiger partial charge in [-0.2, -0.15) is 0 Å². The van der Waals surface area contributed by atoms with Gasteiger partial charge in [-0.25, -0.2) is 0 Å². The molecule has 74 valence electrons. The van der Waals surface area contributed by atoms with E-state index in [0.29, 0.717) is 0 Å². The Balaban J connectivity index is 2.73. The van der Waals surface area contributed by atoms with E-state index in [1.54, 1.807) is 0 Å². The van der Waals surface area contributed by atoms with Gasteiger partial charge in [0.15, 0.2) is 0 Å². The zero-order valence-corrected chi connectivity index (χ0v) is 9.06. The molecule has 1 rings (SSSR count). The first-order valence-corrected chi connectivity index (χ1v) is 5.40. The van der Waals surface area contributed by atoms with Crippen LogP contribution in [-0.4, -0.2) is 7.05 Å². The van der Waals surface area contributed by atoms with Crippen molar-refractivity contribution in [2.75, 3.05) is 7.05 Å². The van der Waals surface area contributed by atoms with Gasteiger partial charge in [0.1, 0.15) is 0 Å².